The standard InChI is InChI=1S/C56H60N6O4/c1-4-36-32-61-26-22-40(36)29-49(61)52(43-20-24-57-47-18-16-35(34-63)28-45(43)47)65-55-51(38-12-8-6-9-13-38)56(60-54(59-55)39-14-10-7-11-15-39)66-53(50-30-41-23-27-62(50)33-37(41)5-2)44-21-25-58-48-19-17-42(64-3)31-46(44)48/h6-21,24-25,28,31,36-37,40-41,49-50,52-53,63H,4-5,22-23,26-27,29-30,32-34H2,1-3H3/t36-,37-,40+,41?,49?,50+,52-,53-/m0/s1. The summed E-state index contributed by atoms with van der Waals surface area (Å²) in [6.07, 6.45) is 9.78. The third-order valence-corrected chi connectivity index (χ3v) is 15.7. The minimum Gasteiger partial charge on any atom is -0.497 e. The molecule has 4 aromatic carbocycles. The number of piperidine rings is 6. The highest BCUT2D eigenvalue weighted by atomic mass is 16.5. The number of aromatic nitrogens is 4. The number of pyridine rings is 2. The van der Waals surface area contributed by atoms with Crippen molar-refractivity contribution >= 4 is 21.8 Å². The summed E-state index contributed by atoms with van der Waals surface area (Å²) in [5, 5.41) is 12.4. The van der Waals surface area contributed by atoms with E-state index in [-0.39, 0.29) is 18.7 Å². The van der Waals surface area contributed by atoms with E-state index in [1.165, 1.54) is 25.7 Å². The zero-order valence-electron chi connectivity index (χ0n) is 38.3. The van der Waals surface area contributed by atoms with Gasteiger partial charge in [-0.3, -0.25) is 19.8 Å². The molecule has 7 aromatic rings. The molecule has 6 aliphatic rings. The van der Waals surface area contributed by atoms with E-state index in [2.05, 4.69) is 84.3 Å². The fourth-order valence-electron chi connectivity index (χ4n) is 12.1. The second-order valence-corrected chi connectivity index (χ2v) is 19.1. The Morgan fingerprint density at radius 3 is 1.67 bits per heavy atom. The summed E-state index contributed by atoms with van der Waals surface area (Å²) in [5.41, 5.74) is 7.20. The Hall–Kier alpha value is -5.94. The van der Waals surface area contributed by atoms with Crippen LogP contribution in [0.15, 0.2) is 122 Å². The summed E-state index contributed by atoms with van der Waals surface area (Å²) in [5.74, 6) is 4.83. The molecule has 0 spiro atoms. The molecule has 6 fully saturated rings. The summed E-state index contributed by atoms with van der Waals surface area (Å²) in [6, 6.07) is 37.2. The molecular weight excluding hydrogens is 821 g/mol. The van der Waals surface area contributed by atoms with Crippen molar-refractivity contribution in [2.45, 2.75) is 83.3 Å². The van der Waals surface area contributed by atoms with Gasteiger partial charge in [-0.25, -0.2) is 0 Å². The average molecular weight is 881 g/mol. The summed E-state index contributed by atoms with van der Waals surface area (Å²) < 4.78 is 21.3. The largest absolute Gasteiger partial charge is 0.497 e. The normalized spacial score (nSPS) is 25.5. The Kier molecular flexibility index (Phi) is 11.9. The van der Waals surface area contributed by atoms with Crippen LogP contribution in [0, 0.1) is 23.7 Å². The van der Waals surface area contributed by atoms with Crippen LogP contribution < -0.4 is 14.2 Å². The molecular formula is C56H60N6O4. The van der Waals surface area contributed by atoms with Gasteiger partial charge in [-0.2, -0.15) is 9.97 Å². The number of fused-ring (bicyclic) bond motifs is 8. The maximum absolute atomic E-state index is 10.4. The number of benzene rings is 4. The van der Waals surface area contributed by atoms with Crippen LogP contribution in [0.25, 0.3) is 44.3 Å². The first-order valence-electron chi connectivity index (χ1n) is 24.2. The van der Waals surface area contributed by atoms with Crippen LogP contribution in [0.3, 0.4) is 0 Å². The van der Waals surface area contributed by atoms with Gasteiger partial charge in [-0.15, -0.1) is 0 Å². The predicted molar refractivity (Wildman–Crippen MR) is 259 cm³/mol. The van der Waals surface area contributed by atoms with Gasteiger partial charge in [-0.05, 0) is 116 Å². The van der Waals surface area contributed by atoms with Crippen molar-refractivity contribution < 1.29 is 19.3 Å². The van der Waals surface area contributed by atoms with Crippen molar-refractivity contribution in [3.05, 3.63) is 138 Å². The van der Waals surface area contributed by atoms with Gasteiger partial charge in [0.15, 0.2) is 5.82 Å². The molecule has 4 bridgehead atoms. The minimum atomic E-state index is -0.419. The first kappa shape index (κ1) is 42.7. The second-order valence-electron chi connectivity index (χ2n) is 19.1. The Balaban J connectivity index is 1.13. The number of hydrogen-bond acceptors (Lipinski definition) is 10. The van der Waals surface area contributed by atoms with Crippen LogP contribution in [0.1, 0.15) is 81.3 Å². The number of nitrogens with zero attached hydrogens (tertiary/aromatic N) is 6. The van der Waals surface area contributed by atoms with Crippen molar-refractivity contribution in [1.82, 2.24) is 29.7 Å². The molecule has 9 heterocycles. The molecule has 10 atom stereocenters. The first-order chi connectivity index (χ1) is 32.5. The number of rotatable bonds is 14. The van der Waals surface area contributed by atoms with Gasteiger partial charge in [0.2, 0.25) is 11.8 Å². The van der Waals surface area contributed by atoms with E-state index in [4.69, 9.17) is 34.1 Å². The molecule has 0 saturated carbocycles. The molecule has 6 aliphatic heterocycles. The molecule has 338 valence electrons. The van der Waals surface area contributed by atoms with Gasteiger partial charge in [0, 0.05) is 52.9 Å². The second kappa shape index (κ2) is 18.4. The zero-order chi connectivity index (χ0) is 44.7. The quantitative estimate of drug-likeness (QED) is 0.113. The smallest absolute Gasteiger partial charge is 0.229 e. The van der Waals surface area contributed by atoms with E-state index in [1.54, 1.807) is 7.11 Å². The lowest BCUT2D eigenvalue weighted by Crippen LogP contribution is -2.56. The van der Waals surface area contributed by atoms with E-state index in [0.717, 1.165) is 100.0 Å². The molecule has 13 rings (SSSR count). The highest BCUT2D eigenvalue weighted by Crippen LogP contribution is 2.49. The Morgan fingerprint density at radius 2 is 1.17 bits per heavy atom. The van der Waals surface area contributed by atoms with Crippen LogP contribution in [0.2, 0.25) is 0 Å². The number of methoxy groups -OCH3 is 1. The molecule has 10 heteroatoms. The van der Waals surface area contributed by atoms with Crippen LogP contribution in [0.4, 0.5) is 0 Å². The molecule has 0 radical (unpaired) electrons. The molecule has 4 unspecified atom stereocenters. The Morgan fingerprint density at radius 1 is 0.636 bits per heavy atom. The van der Waals surface area contributed by atoms with Crippen LogP contribution in [-0.4, -0.2) is 80.2 Å². The number of aliphatic hydroxyl groups is 1. The SMILES string of the molecule is CC[C@H]1CN2CCC1C[C@@H]2[C@@H](Oc1nc(-c2ccccc2)nc(O[C@@H](c2ccnc3ccc(CO)cc23)C2C[C@H]3CCN2C[C@@H]3CC)c1-c1ccccc1)c1ccnc2ccc(OC)cc12. The van der Waals surface area contributed by atoms with Gasteiger partial charge < -0.3 is 19.3 Å². The summed E-state index contributed by atoms with van der Waals surface area (Å²) in [4.78, 5) is 25.9. The maximum Gasteiger partial charge on any atom is 0.229 e. The Bertz CT molecular complexity index is 2680. The Labute approximate surface area is 388 Å². The van der Waals surface area contributed by atoms with Gasteiger partial charge in [-0.1, -0.05) is 93.4 Å². The minimum absolute atomic E-state index is 0.0597. The lowest BCUT2D eigenvalue weighted by Gasteiger charge is -2.52. The van der Waals surface area contributed by atoms with Crippen molar-refractivity contribution in [3.8, 4) is 40.0 Å². The van der Waals surface area contributed by atoms with Gasteiger partial charge in [0.1, 0.15) is 23.5 Å². The maximum atomic E-state index is 10.4. The zero-order valence-corrected chi connectivity index (χ0v) is 38.3. The summed E-state index contributed by atoms with van der Waals surface area (Å²) >= 11 is 0. The third kappa shape index (κ3) is 7.96. The van der Waals surface area contributed by atoms with Crippen molar-refractivity contribution in [2.24, 2.45) is 23.7 Å². The van der Waals surface area contributed by atoms with Gasteiger partial charge in [0.05, 0.1) is 36.8 Å². The van der Waals surface area contributed by atoms with E-state index in [9.17, 15) is 5.11 Å². The van der Waals surface area contributed by atoms with Gasteiger partial charge >= 0.3 is 0 Å². The topological polar surface area (TPSA) is 106 Å². The van der Waals surface area contributed by atoms with E-state index >= 15 is 0 Å². The number of hydrogen-bond donors (Lipinski definition) is 1. The van der Waals surface area contributed by atoms with Crippen molar-refractivity contribution in [1.29, 1.82) is 0 Å². The molecule has 0 aliphatic carbocycles. The lowest BCUT2D eigenvalue weighted by atomic mass is 9.72. The monoisotopic (exact) mass is 880 g/mol. The van der Waals surface area contributed by atoms with E-state index < -0.39 is 12.2 Å². The third-order valence-electron chi connectivity index (χ3n) is 15.7. The average Bonchev–Trinajstić information content (AvgIpc) is 3.39. The fourth-order valence-corrected chi connectivity index (χ4v) is 12.1. The fraction of sp³-hybridized carbons (Fsp3) is 0.393. The lowest BCUT2D eigenvalue weighted by molar-refractivity contribution is -0.0510. The molecule has 10 nitrogen and oxygen atoms in total. The molecule has 1 N–H and O–H groups in total. The van der Waals surface area contributed by atoms with E-state index in [0.29, 0.717) is 41.3 Å². The molecule has 66 heavy (non-hydrogen) atoms. The van der Waals surface area contributed by atoms with Gasteiger partial charge in [0.25, 0.3) is 0 Å². The predicted octanol–water partition coefficient (Wildman–Crippen LogP) is 10.9. The molecule has 6 saturated heterocycles. The van der Waals surface area contributed by atoms with Crippen LogP contribution >= 0.6 is 0 Å². The van der Waals surface area contributed by atoms with E-state index in [1.807, 2.05) is 60.9 Å². The number of aliphatic hydroxyl groups excluding tert-OH is 1. The molecule has 3 aromatic heterocycles. The summed E-state index contributed by atoms with van der Waals surface area (Å²) in [6.45, 7) is 8.76. The highest BCUT2D eigenvalue weighted by molar-refractivity contribution is 5.85. The van der Waals surface area contributed by atoms with Crippen molar-refractivity contribution in [2.75, 3.05) is 33.3 Å². The highest BCUT2D eigenvalue weighted by Gasteiger charge is 2.47. The molecule has 0 amide bonds. The van der Waals surface area contributed by atoms with Crippen molar-refractivity contribution in [3.63, 3.8) is 0 Å². The van der Waals surface area contributed by atoms with Crippen LogP contribution in [-0.2, 0) is 6.61 Å². The first-order valence-corrected chi connectivity index (χ1v) is 24.2. The number of ether oxygens (including phenoxy) is 3. The van der Waals surface area contributed by atoms with Crippen LogP contribution in [0.5, 0.6) is 17.5 Å². The summed E-state index contributed by atoms with van der Waals surface area (Å²) in [7, 11) is 1.71.